The number of hydrogen-bond donors (Lipinski definition) is 2. The Labute approximate surface area is 221 Å². The number of aromatic nitrogens is 1. The standard InChI is InChI=1S/C29H30N4O5/c1-19-9-11-21(12-10-19)28(37)32-14-5-15-33(29(38)23-8-4-13-30-18-23)27(32)26(36)31-24(17-25(34)35)22-7-3-6-20(2)16-22/h3-4,6-13,16,18,24,27H,5,14-15,17H2,1-2H3,(H,31,36)(H,34,35). The van der Waals surface area contributed by atoms with E-state index in [1.807, 2.05) is 38.1 Å². The molecule has 2 unspecified atom stereocenters. The summed E-state index contributed by atoms with van der Waals surface area (Å²) in [6.45, 7) is 4.29. The van der Waals surface area contributed by atoms with E-state index in [9.17, 15) is 24.3 Å². The average Bonchev–Trinajstić information content (AvgIpc) is 2.92. The van der Waals surface area contributed by atoms with Crippen molar-refractivity contribution in [3.63, 3.8) is 0 Å². The molecule has 0 spiro atoms. The predicted molar refractivity (Wildman–Crippen MR) is 140 cm³/mol. The third-order valence-electron chi connectivity index (χ3n) is 6.49. The molecular weight excluding hydrogens is 484 g/mol. The molecule has 2 aromatic carbocycles. The highest BCUT2D eigenvalue weighted by Gasteiger charge is 2.41. The number of nitrogens with zero attached hydrogens (tertiary/aromatic N) is 3. The van der Waals surface area contributed by atoms with Crippen molar-refractivity contribution in [2.24, 2.45) is 0 Å². The van der Waals surface area contributed by atoms with Gasteiger partial charge < -0.3 is 20.2 Å². The average molecular weight is 515 g/mol. The van der Waals surface area contributed by atoms with Crippen LogP contribution in [0.15, 0.2) is 73.1 Å². The van der Waals surface area contributed by atoms with Crippen LogP contribution in [0.3, 0.4) is 0 Å². The number of pyridine rings is 1. The lowest BCUT2D eigenvalue weighted by Crippen LogP contribution is -2.63. The van der Waals surface area contributed by atoms with Gasteiger partial charge in [0.2, 0.25) is 0 Å². The van der Waals surface area contributed by atoms with Crippen molar-refractivity contribution in [1.82, 2.24) is 20.1 Å². The summed E-state index contributed by atoms with van der Waals surface area (Å²) < 4.78 is 0. The second-order valence-electron chi connectivity index (χ2n) is 9.41. The summed E-state index contributed by atoms with van der Waals surface area (Å²) in [5.41, 5.74) is 3.20. The molecule has 0 saturated carbocycles. The Balaban J connectivity index is 1.71. The van der Waals surface area contributed by atoms with Crippen LogP contribution in [0, 0.1) is 13.8 Å². The van der Waals surface area contributed by atoms with Crippen LogP contribution in [0.5, 0.6) is 0 Å². The Hall–Kier alpha value is -4.53. The highest BCUT2D eigenvalue weighted by molar-refractivity contribution is 6.01. The van der Waals surface area contributed by atoms with Gasteiger partial charge >= 0.3 is 5.97 Å². The van der Waals surface area contributed by atoms with Gasteiger partial charge in [0.25, 0.3) is 17.7 Å². The van der Waals surface area contributed by atoms with Gasteiger partial charge in [0.1, 0.15) is 0 Å². The van der Waals surface area contributed by atoms with Crippen molar-refractivity contribution >= 4 is 23.7 Å². The van der Waals surface area contributed by atoms with E-state index < -0.39 is 30.0 Å². The van der Waals surface area contributed by atoms with Crippen molar-refractivity contribution in [3.05, 3.63) is 101 Å². The van der Waals surface area contributed by atoms with Crippen molar-refractivity contribution in [1.29, 1.82) is 0 Å². The second-order valence-corrected chi connectivity index (χ2v) is 9.41. The maximum Gasteiger partial charge on any atom is 0.305 e. The minimum absolute atomic E-state index is 0.248. The number of carbonyl (C=O) groups is 4. The summed E-state index contributed by atoms with van der Waals surface area (Å²) in [6.07, 6.45) is 1.81. The number of carbonyl (C=O) groups excluding carboxylic acids is 3. The third kappa shape index (κ3) is 6.05. The highest BCUT2D eigenvalue weighted by atomic mass is 16.4. The van der Waals surface area contributed by atoms with E-state index in [0.717, 1.165) is 11.1 Å². The minimum Gasteiger partial charge on any atom is -0.481 e. The molecule has 1 aliphatic rings. The van der Waals surface area contributed by atoms with E-state index in [1.54, 1.807) is 42.6 Å². The summed E-state index contributed by atoms with van der Waals surface area (Å²) in [6, 6.07) is 16.6. The molecule has 0 radical (unpaired) electrons. The fraction of sp³-hybridized carbons (Fsp3) is 0.276. The molecule has 2 atom stereocenters. The zero-order valence-corrected chi connectivity index (χ0v) is 21.3. The second kappa shape index (κ2) is 11.7. The molecule has 3 aromatic rings. The summed E-state index contributed by atoms with van der Waals surface area (Å²) in [7, 11) is 0. The Morgan fingerprint density at radius 2 is 1.61 bits per heavy atom. The minimum atomic E-state index is -1.27. The number of carboxylic acids is 1. The maximum atomic E-state index is 13.9. The van der Waals surface area contributed by atoms with Gasteiger partial charge in [-0.25, -0.2) is 0 Å². The first kappa shape index (κ1) is 26.5. The summed E-state index contributed by atoms with van der Waals surface area (Å²) in [5, 5.41) is 12.4. The first-order valence-corrected chi connectivity index (χ1v) is 12.4. The molecule has 2 heterocycles. The van der Waals surface area contributed by atoms with Gasteiger partial charge in [-0.2, -0.15) is 0 Å². The van der Waals surface area contributed by atoms with Gasteiger partial charge in [0.15, 0.2) is 6.17 Å². The number of nitrogens with one attached hydrogen (secondary N) is 1. The van der Waals surface area contributed by atoms with Gasteiger partial charge in [-0.15, -0.1) is 0 Å². The molecule has 3 amide bonds. The number of hydrogen-bond acceptors (Lipinski definition) is 5. The topological polar surface area (TPSA) is 120 Å². The van der Waals surface area contributed by atoms with Crippen molar-refractivity contribution in [3.8, 4) is 0 Å². The molecule has 4 rings (SSSR count). The van der Waals surface area contributed by atoms with E-state index in [0.29, 0.717) is 17.5 Å². The molecule has 9 nitrogen and oxygen atoms in total. The number of aliphatic carboxylic acids is 1. The first-order valence-electron chi connectivity index (χ1n) is 12.4. The monoisotopic (exact) mass is 514 g/mol. The Morgan fingerprint density at radius 3 is 2.21 bits per heavy atom. The molecule has 2 N–H and O–H groups in total. The Morgan fingerprint density at radius 1 is 0.921 bits per heavy atom. The summed E-state index contributed by atoms with van der Waals surface area (Å²) in [5.74, 6) is -2.55. The number of rotatable bonds is 7. The summed E-state index contributed by atoms with van der Waals surface area (Å²) >= 11 is 0. The van der Waals surface area contributed by atoms with Gasteiger partial charge in [0.05, 0.1) is 18.0 Å². The molecule has 0 aliphatic carbocycles. The molecule has 1 saturated heterocycles. The number of amides is 3. The van der Waals surface area contributed by atoms with Crippen molar-refractivity contribution in [2.45, 2.75) is 38.9 Å². The molecule has 38 heavy (non-hydrogen) atoms. The first-order chi connectivity index (χ1) is 18.2. The Bertz CT molecular complexity index is 1330. The highest BCUT2D eigenvalue weighted by Crippen LogP contribution is 2.24. The lowest BCUT2D eigenvalue weighted by Gasteiger charge is -2.43. The quantitative estimate of drug-likeness (QED) is 0.499. The van der Waals surface area contributed by atoms with Crippen molar-refractivity contribution < 1.29 is 24.3 Å². The zero-order chi connectivity index (χ0) is 27.2. The van der Waals surface area contributed by atoms with Crippen LogP contribution in [0.2, 0.25) is 0 Å². The van der Waals surface area contributed by atoms with Crippen LogP contribution >= 0.6 is 0 Å². The zero-order valence-electron chi connectivity index (χ0n) is 21.3. The molecule has 9 heteroatoms. The van der Waals surface area contributed by atoms with Crippen LogP contribution in [0.25, 0.3) is 0 Å². The van der Waals surface area contributed by atoms with Gasteiger partial charge in [-0.3, -0.25) is 24.2 Å². The summed E-state index contributed by atoms with van der Waals surface area (Å²) in [4.78, 5) is 59.4. The van der Waals surface area contributed by atoms with Gasteiger partial charge in [-0.05, 0) is 50.1 Å². The lowest BCUT2D eigenvalue weighted by molar-refractivity contribution is -0.138. The SMILES string of the molecule is Cc1ccc(C(=O)N2CCCN(C(=O)c3cccnc3)C2C(=O)NC(CC(=O)O)c2cccc(C)c2)cc1. The fourth-order valence-electron chi connectivity index (χ4n) is 4.61. The normalized spacial score (nSPS) is 16.0. The molecule has 1 aliphatic heterocycles. The largest absolute Gasteiger partial charge is 0.481 e. The van der Waals surface area contributed by atoms with Crippen LogP contribution in [-0.2, 0) is 9.59 Å². The molecule has 196 valence electrons. The molecule has 1 fully saturated rings. The fourth-order valence-corrected chi connectivity index (χ4v) is 4.61. The number of benzene rings is 2. The molecular formula is C29H30N4O5. The maximum absolute atomic E-state index is 13.9. The van der Waals surface area contributed by atoms with Crippen LogP contribution in [-0.4, -0.2) is 62.8 Å². The van der Waals surface area contributed by atoms with E-state index in [-0.39, 0.29) is 31.0 Å². The van der Waals surface area contributed by atoms with Crippen molar-refractivity contribution in [2.75, 3.05) is 13.1 Å². The van der Waals surface area contributed by atoms with Crippen LogP contribution in [0.1, 0.15) is 56.3 Å². The Kier molecular flexibility index (Phi) is 8.15. The van der Waals surface area contributed by atoms with E-state index in [4.69, 9.17) is 0 Å². The smallest absolute Gasteiger partial charge is 0.305 e. The molecule has 0 bridgehead atoms. The van der Waals surface area contributed by atoms with Crippen LogP contribution < -0.4 is 5.32 Å². The number of aryl methyl sites for hydroxylation is 2. The third-order valence-corrected chi connectivity index (χ3v) is 6.49. The van der Waals surface area contributed by atoms with Gasteiger partial charge in [-0.1, -0.05) is 47.5 Å². The number of carboxylic acid groups (broad SMARTS) is 1. The lowest BCUT2D eigenvalue weighted by atomic mass is 10.0. The molecule has 1 aromatic heterocycles. The predicted octanol–water partition coefficient (Wildman–Crippen LogP) is 3.35. The van der Waals surface area contributed by atoms with Gasteiger partial charge in [0, 0.05) is 31.0 Å². The van der Waals surface area contributed by atoms with E-state index in [1.165, 1.54) is 16.0 Å². The van der Waals surface area contributed by atoms with Crippen LogP contribution in [0.4, 0.5) is 0 Å². The van der Waals surface area contributed by atoms with E-state index >= 15 is 0 Å². The van der Waals surface area contributed by atoms with E-state index in [2.05, 4.69) is 10.3 Å².